The van der Waals surface area contributed by atoms with Crippen LogP contribution in [0.4, 0.5) is 0 Å². The lowest BCUT2D eigenvalue weighted by Gasteiger charge is -2.26. The average molecular weight is 216 g/mol. The fraction of sp³-hybridized carbons (Fsp3) is 0.800. The summed E-state index contributed by atoms with van der Waals surface area (Å²) >= 11 is 0. The van der Waals surface area contributed by atoms with Crippen LogP contribution in [0.25, 0.3) is 0 Å². The number of likely N-dealkylation sites (N-methyl/N-ethyl adjacent to an activating group) is 1. The number of carboxylic acid groups (broad SMARTS) is 1. The van der Waals surface area contributed by atoms with Crippen LogP contribution in [0.15, 0.2) is 0 Å². The number of hydrogen-bond acceptors (Lipinski definition) is 3. The molecular weight excluding hydrogens is 196 g/mol. The maximum atomic E-state index is 11.2. The summed E-state index contributed by atoms with van der Waals surface area (Å²) < 4.78 is 0. The van der Waals surface area contributed by atoms with Gasteiger partial charge in [-0.05, 0) is 19.9 Å². The van der Waals surface area contributed by atoms with Gasteiger partial charge in [-0.1, -0.05) is 6.92 Å². The minimum atomic E-state index is -0.833. The molecule has 0 bridgehead atoms. The van der Waals surface area contributed by atoms with E-state index in [9.17, 15) is 9.59 Å². The normalized spacial score (nSPS) is 12.5. The van der Waals surface area contributed by atoms with E-state index in [1.165, 1.54) is 0 Å². The monoisotopic (exact) mass is 216 g/mol. The van der Waals surface area contributed by atoms with Gasteiger partial charge in [0.2, 0.25) is 5.91 Å². The molecule has 2 N–H and O–H groups in total. The van der Waals surface area contributed by atoms with Gasteiger partial charge in [-0.2, -0.15) is 0 Å². The molecule has 0 radical (unpaired) electrons. The lowest BCUT2D eigenvalue weighted by Crippen LogP contribution is -2.42. The van der Waals surface area contributed by atoms with Crippen molar-refractivity contribution < 1.29 is 14.7 Å². The number of hydrogen-bond donors (Lipinski definition) is 2. The number of nitrogens with one attached hydrogen (secondary N) is 1. The summed E-state index contributed by atoms with van der Waals surface area (Å²) in [6, 6.07) is -0.111. The summed E-state index contributed by atoms with van der Waals surface area (Å²) in [4.78, 5) is 23.6. The van der Waals surface area contributed by atoms with Crippen LogP contribution in [0.2, 0.25) is 0 Å². The highest BCUT2D eigenvalue weighted by Crippen LogP contribution is 2.04. The second kappa shape index (κ2) is 7.23. The zero-order valence-corrected chi connectivity index (χ0v) is 9.62. The Kier molecular flexibility index (Phi) is 6.70. The molecule has 1 amide bonds. The third-order valence-electron chi connectivity index (χ3n) is 2.23. The van der Waals surface area contributed by atoms with E-state index in [4.69, 9.17) is 5.11 Å². The summed E-state index contributed by atoms with van der Waals surface area (Å²) in [6.45, 7) is 4.83. The van der Waals surface area contributed by atoms with Crippen LogP contribution in [-0.2, 0) is 9.59 Å². The van der Waals surface area contributed by atoms with E-state index in [0.29, 0.717) is 0 Å². The summed E-state index contributed by atoms with van der Waals surface area (Å²) in [7, 11) is 1.58. The number of amides is 1. The van der Waals surface area contributed by atoms with Gasteiger partial charge in [0.1, 0.15) is 0 Å². The molecule has 0 aliphatic heterocycles. The van der Waals surface area contributed by atoms with Gasteiger partial charge in [0.05, 0.1) is 13.0 Å². The SMILES string of the molecule is CCCN(CC(=O)NC)C(C)CC(=O)O. The molecule has 5 heteroatoms. The van der Waals surface area contributed by atoms with Crippen molar-refractivity contribution in [3.8, 4) is 0 Å². The summed E-state index contributed by atoms with van der Waals surface area (Å²) in [5, 5.41) is 11.2. The van der Waals surface area contributed by atoms with Crippen molar-refractivity contribution in [1.82, 2.24) is 10.2 Å². The van der Waals surface area contributed by atoms with Gasteiger partial charge in [0, 0.05) is 13.1 Å². The molecule has 0 fully saturated rings. The van der Waals surface area contributed by atoms with E-state index in [0.717, 1.165) is 13.0 Å². The molecule has 0 aromatic carbocycles. The van der Waals surface area contributed by atoms with Crippen molar-refractivity contribution in [1.29, 1.82) is 0 Å². The maximum absolute atomic E-state index is 11.2. The third kappa shape index (κ3) is 6.06. The first-order valence-corrected chi connectivity index (χ1v) is 5.17. The van der Waals surface area contributed by atoms with Crippen molar-refractivity contribution in [2.75, 3.05) is 20.1 Å². The Bertz CT molecular complexity index is 219. The van der Waals surface area contributed by atoms with E-state index in [1.807, 2.05) is 18.7 Å². The summed E-state index contributed by atoms with van der Waals surface area (Å²) in [5.74, 6) is -0.916. The molecule has 1 unspecified atom stereocenters. The van der Waals surface area contributed by atoms with Gasteiger partial charge in [-0.3, -0.25) is 14.5 Å². The third-order valence-corrected chi connectivity index (χ3v) is 2.23. The molecule has 0 saturated heterocycles. The van der Waals surface area contributed by atoms with Gasteiger partial charge in [-0.25, -0.2) is 0 Å². The topological polar surface area (TPSA) is 69.6 Å². The molecule has 0 aliphatic rings. The molecule has 0 aliphatic carbocycles. The van der Waals surface area contributed by atoms with Crippen molar-refractivity contribution in [2.24, 2.45) is 0 Å². The highest BCUT2D eigenvalue weighted by molar-refractivity contribution is 5.77. The second-order valence-electron chi connectivity index (χ2n) is 3.59. The van der Waals surface area contributed by atoms with Gasteiger partial charge < -0.3 is 10.4 Å². The largest absolute Gasteiger partial charge is 0.481 e. The van der Waals surface area contributed by atoms with Crippen LogP contribution >= 0.6 is 0 Å². The average Bonchev–Trinajstić information content (AvgIpc) is 2.15. The summed E-state index contributed by atoms with van der Waals surface area (Å²) in [5.41, 5.74) is 0. The smallest absolute Gasteiger partial charge is 0.304 e. The second-order valence-corrected chi connectivity index (χ2v) is 3.59. The minimum Gasteiger partial charge on any atom is -0.481 e. The zero-order valence-electron chi connectivity index (χ0n) is 9.62. The molecule has 0 saturated carbocycles. The van der Waals surface area contributed by atoms with Crippen LogP contribution in [0.1, 0.15) is 26.7 Å². The first-order valence-electron chi connectivity index (χ1n) is 5.17. The quantitative estimate of drug-likeness (QED) is 0.642. The molecule has 0 spiro atoms. The number of carbonyl (C=O) groups is 2. The fourth-order valence-corrected chi connectivity index (χ4v) is 1.39. The molecule has 0 aromatic heterocycles. The minimum absolute atomic E-state index is 0.0665. The molecule has 0 aromatic rings. The number of nitrogens with zero attached hydrogens (tertiary/aromatic N) is 1. The van der Waals surface area contributed by atoms with Crippen LogP contribution in [0, 0.1) is 0 Å². The molecule has 88 valence electrons. The van der Waals surface area contributed by atoms with Crippen molar-refractivity contribution >= 4 is 11.9 Å². The Labute approximate surface area is 90.5 Å². The first-order chi connectivity index (χ1) is 7.01. The van der Waals surface area contributed by atoms with Crippen molar-refractivity contribution in [2.45, 2.75) is 32.7 Å². The Morgan fingerprint density at radius 3 is 2.47 bits per heavy atom. The highest BCUT2D eigenvalue weighted by atomic mass is 16.4. The maximum Gasteiger partial charge on any atom is 0.304 e. The van der Waals surface area contributed by atoms with Gasteiger partial charge in [0.15, 0.2) is 0 Å². The van der Waals surface area contributed by atoms with Gasteiger partial charge >= 0.3 is 5.97 Å². The van der Waals surface area contributed by atoms with Crippen LogP contribution < -0.4 is 5.32 Å². The molecule has 5 nitrogen and oxygen atoms in total. The fourth-order valence-electron chi connectivity index (χ4n) is 1.39. The van der Waals surface area contributed by atoms with E-state index >= 15 is 0 Å². The Morgan fingerprint density at radius 2 is 2.07 bits per heavy atom. The number of carboxylic acids is 1. The van der Waals surface area contributed by atoms with Crippen LogP contribution in [0.3, 0.4) is 0 Å². The standard InChI is InChI=1S/C10H20N2O3/c1-4-5-12(7-9(13)11-3)8(2)6-10(14)15/h8H,4-7H2,1-3H3,(H,11,13)(H,14,15). The highest BCUT2D eigenvalue weighted by Gasteiger charge is 2.18. The van der Waals surface area contributed by atoms with E-state index in [-0.39, 0.29) is 24.9 Å². The molecule has 0 rings (SSSR count). The van der Waals surface area contributed by atoms with Crippen molar-refractivity contribution in [3.05, 3.63) is 0 Å². The van der Waals surface area contributed by atoms with Gasteiger partial charge in [0.25, 0.3) is 0 Å². The predicted octanol–water partition coefficient (Wildman–Crippen LogP) is 0.308. The Balaban J connectivity index is 4.23. The van der Waals surface area contributed by atoms with E-state index in [1.54, 1.807) is 7.05 Å². The number of aliphatic carboxylic acids is 1. The lowest BCUT2D eigenvalue weighted by molar-refractivity contribution is -0.138. The molecule has 15 heavy (non-hydrogen) atoms. The van der Waals surface area contributed by atoms with Crippen LogP contribution in [-0.4, -0.2) is 48.1 Å². The first kappa shape index (κ1) is 13.9. The van der Waals surface area contributed by atoms with Crippen LogP contribution in [0.5, 0.6) is 0 Å². The Morgan fingerprint density at radius 1 is 1.47 bits per heavy atom. The molecule has 1 atom stereocenters. The summed E-state index contributed by atoms with van der Waals surface area (Å²) in [6.07, 6.45) is 0.970. The predicted molar refractivity (Wildman–Crippen MR) is 57.6 cm³/mol. The molecule has 0 heterocycles. The number of rotatable bonds is 7. The zero-order chi connectivity index (χ0) is 11.8. The number of carbonyl (C=O) groups excluding carboxylic acids is 1. The van der Waals surface area contributed by atoms with Gasteiger partial charge in [-0.15, -0.1) is 0 Å². The van der Waals surface area contributed by atoms with E-state index < -0.39 is 5.97 Å². The van der Waals surface area contributed by atoms with E-state index in [2.05, 4.69) is 5.32 Å². The van der Waals surface area contributed by atoms with Crippen molar-refractivity contribution in [3.63, 3.8) is 0 Å². The lowest BCUT2D eigenvalue weighted by atomic mass is 10.2. The Hall–Kier alpha value is -1.10. The molecular formula is C10H20N2O3.